The van der Waals surface area contributed by atoms with Crippen LogP contribution < -0.4 is 0 Å². The standard InChI is InChI=1S/C17H17ClO4S/c18-15-7-9-16(10-8-15)23(21,22)11-1-2-13-3-5-14(6-4-13)12-17(19)20/h3-10H,1-2,11-12H2,(H,19,20). The number of rotatable bonds is 7. The zero-order valence-electron chi connectivity index (χ0n) is 12.4. The van der Waals surface area contributed by atoms with Crippen LogP contribution in [-0.4, -0.2) is 25.2 Å². The number of hydrogen-bond donors (Lipinski definition) is 1. The molecule has 2 aromatic carbocycles. The first-order valence-corrected chi connectivity index (χ1v) is 9.18. The summed E-state index contributed by atoms with van der Waals surface area (Å²) in [7, 11) is -3.31. The molecule has 0 aliphatic rings. The van der Waals surface area contributed by atoms with Crippen molar-refractivity contribution in [2.45, 2.75) is 24.2 Å². The number of sulfone groups is 1. The van der Waals surface area contributed by atoms with Gasteiger partial charge < -0.3 is 5.11 Å². The van der Waals surface area contributed by atoms with Crippen LogP contribution in [0.25, 0.3) is 0 Å². The first kappa shape index (κ1) is 17.5. The highest BCUT2D eigenvalue weighted by Gasteiger charge is 2.13. The highest BCUT2D eigenvalue weighted by molar-refractivity contribution is 7.91. The normalized spacial score (nSPS) is 11.3. The Morgan fingerprint density at radius 3 is 2.09 bits per heavy atom. The zero-order valence-corrected chi connectivity index (χ0v) is 14.0. The Labute approximate surface area is 140 Å². The van der Waals surface area contributed by atoms with Gasteiger partial charge in [0.25, 0.3) is 0 Å². The molecule has 122 valence electrons. The van der Waals surface area contributed by atoms with Crippen LogP contribution in [0.1, 0.15) is 17.5 Å². The molecule has 0 fully saturated rings. The third kappa shape index (κ3) is 5.37. The molecular weight excluding hydrogens is 336 g/mol. The quantitative estimate of drug-likeness (QED) is 0.829. The number of carboxylic acid groups (broad SMARTS) is 1. The number of aliphatic carboxylic acids is 1. The molecule has 0 amide bonds. The second-order valence-electron chi connectivity index (χ2n) is 5.26. The minimum absolute atomic E-state index is 0.00870. The predicted octanol–water partition coefficient (Wildman–Crippen LogP) is 3.37. The average Bonchev–Trinajstić information content (AvgIpc) is 2.49. The van der Waals surface area contributed by atoms with E-state index in [1.165, 1.54) is 12.1 Å². The maximum Gasteiger partial charge on any atom is 0.307 e. The molecular formula is C17H17ClO4S. The van der Waals surface area contributed by atoms with E-state index in [0.717, 1.165) is 11.1 Å². The SMILES string of the molecule is O=C(O)Cc1ccc(CCCS(=O)(=O)c2ccc(Cl)cc2)cc1. The monoisotopic (exact) mass is 352 g/mol. The summed E-state index contributed by atoms with van der Waals surface area (Å²) in [5.41, 5.74) is 1.72. The first-order valence-electron chi connectivity index (χ1n) is 7.15. The van der Waals surface area contributed by atoms with Crippen molar-refractivity contribution in [3.05, 3.63) is 64.7 Å². The number of carboxylic acids is 1. The highest BCUT2D eigenvalue weighted by atomic mass is 35.5. The van der Waals surface area contributed by atoms with Crippen LogP contribution in [0.4, 0.5) is 0 Å². The van der Waals surface area contributed by atoms with Gasteiger partial charge in [-0.05, 0) is 48.2 Å². The van der Waals surface area contributed by atoms with Crippen LogP contribution in [0.3, 0.4) is 0 Å². The van der Waals surface area contributed by atoms with E-state index in [2.05, 4.69) is 0 Å². The number of hydrogen-bond acceptors (Lipinski definition) is 3. The van der Waals surface area contributed by atoms with E-state index in [1.54, 1.807) is 24.3 Å². The van der Waals surface area contributed by atoms with E-state index >= 15 is 0 Å². The lowest BCUT2D eigenvalue weighted by Crippen LogP contribution is -2.07. The predicted molar refractivity (Wildman–Crippen MR) is 89.6 cm³/mol. The van der Waals surface area contributed by atoms with Crippen molar-refractivity contribution in [3.8, 4) is 0 Å². The molecule has 6 heteroatoms. The van der Waals surface area contributed by atoms with E-state index in [-0.39, 0.29) is 17.1 Å². The van der Waals surface area contributed by atoms with Gasteiger partial charge in [0.2, 0.25) is 0 Å². The number of halogens is 1. The third-order valence-corrected chi connectivity index (χ3v) is 5.50. The molecule has 2 rings (SSSR count). The van der Waals surface area contributed by atoms with Crippen molar-refractivity contribution in [1.29, 1.82) is 0 Å². The minimum Gasteiger partial charge on any atom is -0.481 e. The van der Waals surface area contributed by atoms with Crippen molar-refractivity contribution in [1.82, 2.24) is 0 Å². The highest BCUT2D eigenvalue weighted by Crippen LogP contribution is 2.17. The molecule has 0 atom stereocenters. The van der Waals surface area contributed by atoms with Crippen LogP contribution in [-0.2, 0) is 27.5 Å². The lowest BCUT2D eigenvalue weighted by atomic mass is 10.1. The lowest BCUT2D eigenvalue weighted by Gasteiger charge is -2.06. The lowest BCUT2D eigenvalue weighted by molar-refractivity contribution is -0.136. The Hall–Kier alpha value is -1.85. The summed E-state index contributed by atoms with van der Waals surface area (Å²) in [4.78, 5) is 10.9. The summed E-state index contributed by atoms with van der Waals surface area (Å²) < 4.78 is 24.4. The van der Waals surface area contributed by atoms with Crippen LogP contribution in [0, 0.1) is 0 Å². The molecule has 0 aliphatic heterocycles. The molecule has 4 nitrogen and oxygen atoms in total. The van der Waals surface area contributed by atoms with Crippen LogP contribution in [0.2, 0.25) is 5.02 Å². The van der Waals surface area contributed by atoms with Gasteiger partial charge in [0, 0.05) is 5.02 Å². The fraction of sp³-hybridized carbons (Fsp3) is 0.235. The van der Waals surface area contributed by atoms with Gasteiger partial charge in [-0.25, -0.2) is 8.42 Å². The van der Waals surface area contributed by atoms with Gasteiger partial charge in [0.05, 0.1) is 17.1 Å². The molecule has 23 heavy (non-hydrogen) atoms. The van der Waals surface area contributed by atoms with E-state index in [9.17, 15) is 13.2 Å². The maximum atomic E-state index is 12.2. The first-order chi connectivity index (χ1) is 10.9. The van der Waals surface area contributed by atoms with E-state index in [1.807, 2.05) is 12.1 Å². The van der Waals surface area contributed by atoms with Crippen molar-refractivity contribution in [3.63, 3.8) is 0 Å². The summed E-state index contributed by atoms with van der Waals surface area (Å²) in [6, 6.07) is 13.4. The molecule has 0 saturated carbocycles. The van der Waals surface area contributed by atoms with Gasteiger partial charge >= 0.3 is 5.97 Å². The molecule has 0 aliphatic carbocycles. The minimum atomic E-state index is -3.31. The van der Waals surface area contributed by atoms with Gasteiger partial charge in [-0.1, -0.05) is 35.9 Å². The fourth-order valence-corrected chi connectivity index (χ4v) is 3.66. The van der Waals surface area contributed by atoms with Crippen molar-refractivity contribution in [2.24, 2.45) is 0 Å². The van der Waals surface area contributed by atoms with Gasteiger partial charge in [0.15, 0.2) is 9.84 Å². The summed E-state index contributed by atoms with van der Waals surface area (Å²) in [5.74, 6) is -0.808. The van der Waals surface area contributed by atoms with Crippen LogP contribution in [0.15, 0.2) is 53.4 Å². The summed E-state index contributed by atoms with van der Waals surface area (Å²) in [6.07, 6.45) is 1.12. The van der Waals surface area contributed by atoms with Crippen molar-refractivity contribution >= 4 is 27.4 Å². The summed E-state index contributed by atoms with van der Waals surface area (Å²) in [6.45, 7) is 0. The number of benzene rings is 2. The van der Waals surface area contributed by atoms with E-state index < -0.39 is 15.8 Å². The molecule has 1 N–H and O–H groups in total. The van der Waals surface area contributed by atoms with Crippen molar-refractivity contribution in [2.75, 3.05) is 5.75 Å². The zero-order chi connectivity index (χ0) is 16.9. The number of carbonyl (C=O) groups is 1. The largest absolute Gasteiger partial charge is 0.481 e. The third-order valence-electron chi connectivity index (χ3n) is 3.43. The Bertz CT molecular complexity index is 765. The van der Waals surface area contributed by atoms with Crippen LogP contribution >= 0.6 is 11.6 Å². The second-order valence-corrected chi connectivity index (χ2v) is 7.81. The fourth-order valence-electron chi connectivity index (χ4n) is 2.22. The van der Waals surface area contributed by atoms with Gasteiger partial charge in [-0.3, -0.25) is 4.79 Å². The molecule has 0 aromatic heterocycles. The van der Waals surface area contributed by atoms with Crippen LogP contribution in [0.5, 0.6) is 0 Å². The number of aryl methyl sites for hydroxylation is 1. The topological polar surface area (TPSA) is 71.4 Å². The molecule has 0 radical (unpaired) electrons. The van der Waals surface area contributed by atoms with Crippen molar-refractivity contribution < 1.29 is 18.3 Å². The smallest absolute Gasteiger partial charge is 0.307 e. The maximum absolute atomic E-state index is 12.2. The van der Waals surface area contributed by atoms with Gasteiger partial charge in [-0.2, -0.15) is 0 Å². The Morgan fingerprint density at radius 1 is 0.957 bits per heavy atom. The van der Waals surface area contributed by atoms with E-state index in [4.69, 9.17) is 16.7 Å². The molecule has 0 bridgehead atoms. The Kier molecular flexibility index (Phi) is 5.80. The summed E-state index contributed by atoms with van der Waals surface area (Å²) >= 11 is 5.76. The second kappa shape index (κ2) is 7.62. The Morgan fingerprint density at radius 2 is 1.52 bits per heavy atom. The Balaban J connectivity index is 1.91. The average molecular weight is 353 g/mol. The molecule has 0 spiro atoms. The molecule has 0 saturated heterocycles. The van der Waals surface area contributed by atoms with Gasteiger partial charge in [-0.15, -0.1) is 0 Å². The molecule has 0 heterocycles. The summed E-state index contributed by atoms with van der Waals surface area (Å²) in [5, 5.41) is 9.22. The van der Waals surface area contributed by atoms with E-state index in [0.29, 0.717) is 17.9 Å². The van der Waals surface area contributed by atoms with Gasteiger partial charge in [0.1, 0.15) is 0 Å². The molecule has 0 unspecified atom stereocenters. The molecule has 2 aromatic rings.